The topological polar surface area (TPSA) is 57.1 Å². The molecule has 4 rings (SSSR count). The summed E-state index contributed by atoms with van der Waals surface area (Å²) in [6.07, 6.45) is 6.26. The van der Waals surface area contributed by atoms with Crippen LogP contribution in [0.3, 0.4) is 0 Å². The van der Waals surface area contributed by atoms with Gasteiger partial charge in [-0.05, 0) is 77.0 Å². The Bertz CT molecular complexity index is 1280. The zero-order valence-corrected chi connectivity index (χ0v) is 28.2. The fourth-order valence-corrected chi connectivity index (χ4v) is 6.57. The minimum atomic E-state index is -0.525. The van der Waals surface area contributed by atoms with Crippen LogP contribution < -0.4 is 9.47 Å². The lowest BCUT2D eigenvalue weighted by molar-refractivity contribution is -0.228. The molecular weight excluding hydrogens is 522 g/mol. The van der Waals surface area contributed by atoms with Crippen molar-refractivity contribution in [1.29, 1.82) is 0 Å². The van der Waals surface area contributed by atoms with E-state index in [1.54, 1.807) is 0 Å². The highest BCUT2D eigenvalue weighted by Crippen LogP contribution is 2.53. The van der Waals surface area contributed by atoms with Crippen LogP contribution in [0.2, 0.25) is 0 Å². The fourth-order valence-electron chi connectivity index (χ4n) is 6.57. The molecular formula is C37H55NO4. The van der Waals surface area contributed by atoms with E-state index >= 15 is 0 Å². The van der Waals surface area contributed by atoms with Gasteiger partial charge in [-0.2, -0.15) is 4.91 Å². The van der Waals surface area contributed by atoms with Crippen LogP contribution in [-0.2, 0) is 28.4 Å². The van der Waals surface area contributed by atoms with Crippen molar-refractivity contribution in [3.63, 3.8) is 0 Å². The van der Waals surface area contributed by atoms with E-state index in [0.717, 1.165) is 48.3 Å². The minimum Gasteiger partial charge on any atom is -0.459 e. The van der Waals surface area contributed by atoms with Crippen LogP contribution >= 0.6 is 0 Å². The molecule has 2 unspecified atom stereocenters. The summed E-state index contributed by atoms with van der Waals surface area (Å²) < 4.78 is 20.2. The van der Waals surface area contributed by atoms with E-state index in [-0.39, 0.29) is 21.7 Å². The number of fused-ring (bicyclic) bond motifs is 6. The van der Waals surface area contributed by atoms with E-state index in [1.807, 2.05) is 0 Å². The zero-order chi connectivity index (χ0) is 31.1. The van der Waals surface area contributed by atoms with Crippen LogP contribution in [0.4, 0.5) is 0 Å². The Balaban J connectivity index is 1.76. The molecule has 42 heavy (non-hydrogen) atoms. The van der Waals surface area contributed by atoms with Crippen LogP contribution in [0.15, 0.2) is 29.4 Å². The normalized spacial score (nSPS) is 18.5. The zero-order valence-electron chi connectivity index (χ0n) is 28.2. The van der Waals surface area contributed by atoms with Crippen molar-refractivity contribution < 1.29 is 14.2 Å². The maximum atomic E-state index is 10.7. The lowest BCUT2D eigenvalue weighted by atomic mass is 9.77. The Morgan fingerprint density at radius 2 is 1.10 bits per heavy atom. The molecule has 2 atom stereocenters. The number of unbranched alkanes of at least 4 members (excludes halogenated alkanes) is 1. The van der Waals surface area contributed by atoms with Crippen molar-refractivity contribution in [3.05, 3.63) is 62.6 Å². The Kier molecular flexibility index (Phi) is 9.24. The Morgan fingerprint density at radius 3 is 1.48 bits per heavy atom. The number of hydrogen-bond donors (Lipinski definition) is 0. The molecule has 2 aliphatic heterocycles. The van der Waals surface area contributed by atoms with Crippen LogP contribution in [0.1, 0.15) is 154 Å². The molecule has 0 saturated carbocycles. The summed E-state index contributed by atoms with van der Waals surface area (Å²) in [5.41, 5.74) is 6.94. The van der Waals surface area contributed by atoms with E-state index in [1.165, 1.54) is 41.5 Å². The Morgan fingerprint density at radius 1 is 0.667 bits per heavy atom. The number of benzene rings is 2. The van der Waals surface area contributed by atoms with Crippen molar-refractivity contribution in [1.82, 2.24) is 0 Å². The predicted molar refractivity (Wildman–Crippen MR) is 172 cm³/mol. The molecule has 0 saturated heterocycles. The van der Waals surface area contributed by atoms with Gasteiger partial charge in [0.25, 0.3) is 0 Å². The lowest BCUT2D eigenvalue weighted by Crippen LogP contribution is -2.34. The molecule has 5 nitrogen and oxygen atoms in total. The van der Waals surface area contributed by atoms with E-state index in [2.05, 4.69) is 106 Å². The SMILES string of the molecule is CCCCC(C)(C)Cc1cc2c(c(C(C)(C)C)c1)OC1OC2Oc2c1cc(CC(C)(C)CCCN=O)cc2C(C)(C)C. The smallest absolute Gasteiger partial charge is 0.233 e. The van der Waals surface area contributed by atoms with Gasteiger partial charge in [-0.3, -0.25) is 4.74 Å². The molecule has 0 aromatic heterocycles. The molecule has 2 bridgehead atoms. The standard InChI is InChI=1S/C37H55NO4/c1-12-13-15-36(8,9)22-24-18-26-30(28(20-24)34(2,3)4)40-33-27-19-25(23-37(10,11)16-14-17-38-39)21-29(35(5,6)7)31(27)41-32(26)42-33/h18-21,32-33H,12-17,22-23H2,1-11H3. The third kappa shape index (κ3) is 7.38. The second-order valence-electron chi connectivity index (χ2n) is 16.4. The van der Waals surface area contributed by atoms with E-state index in [4.69, 9.17) is 14.2 Å². The summed E-state index contributed by atoms with van der Waals surface area (Å²) in [6.45, 7) is 25.4. The van der Waals surface area contributed by atoms with Crippen molar-refractivity contribution in [3.8, 4) is 11.5 Å². The van der Waals surface area contributed by atoms with E-state index in [0.29, 0.717) is 6.54 Å². The molecule has 2 aliphatic rings. The summed E-state index contributed by atoms with van der Waals surface area (Å²) >= 11 is 0. The predicted octanol–water partition coefficient (Wildman–Crippen LogP) is 10.7. The third-order valence-corrected chi connectivity index (χ3v) is 8.85. The van der Waals surface area contributed by atoms with Gasteiger partial charge in [-0.15, -0.1) is 0 Å². The van der Waals surface area contributed by atoms with Gasteiger partial charge in [0.2, 0.25) is 12.6 Å². The summed E-state index contributed by atoms with van der Waals surface area (Å²) in [5.74, 6) is 1.81. The molecule has 2 aromatic rings. The summed E-state index contributed by atoms with van der Waals surface area (Å²) in [6, 6.07) is 9.17. The number of rotatable bonds is 11. The van der Waals surface area contributed by atoms with Crippen molar-refractivity contribution >= 4 is 0 Å². The summed E-state index contributed by atoms with van der Waals surface area (Å²) in [5, 5.41) is 3.06. The van der Waals surface area contributed by atoms with Crippen LogP contribution in [0.5, 0.6) is 11.5 Å². The van der Waals surface area contributed by atoms with Crippen LogP contribution in [0.25, 0.3) is 0 Å². The van der Waals surface area contributed by atoms with Crippen molar-refractivity contribution in [2.45, 2.75) is 145 Å². The first kappa shape index (κ1) is 32.5. The highest BCUT2D eigenvalue weighted by atomic mass is 16.8. The average molecular weight is 578 g/mol. The van der Waals surface area contributed by atoms with E-state index < -0.39 is 12.6 Å². The molecule has 5 heteroatoms. The average Bonchev–Trinajstić information content (AvgIpc) is 2.86. The van der Waals surface area contributed by atoms with Crippen LogP contribution in [0, 0.1) is 15.7 Å². The first-order chi connectivity index (χ1) is 19.4. The molecule has 0 radical (unpaired) electrons. The lowest BCUT2D eigenvalue weighted by Gasteiger charge is -2.42. The quantitative estimate of drug-likeness (QED) is 0.197. The number of nitrogens with zero attached hydrogens (tertiary/aromatic N) is 1. The first-order valence-electron chi connectivity index (χ1n) is 16.1. The highest BCUT2D eigenvalue weighted by molar-refractivity contribution is 5.55. The molecule has 0 spiro atoms. The van der Waals surface area contributed by atoms with Gasteiger partial charge in [0.05, 0.1) is 17.7 Å². The second kappa shape index (κ2) is 11.9. The van der Waals surface area contributed by atoms with Crippen molar-refractivity contribution in [2.75, 3.05) is 6.54 Å². The van der Waals surface area contributed by atoms with Gasteiger partial charge >= 0.3 is 0 Å². The van der Waals surface area contributed by atoms with Gasteiger partial charge in [-0.25, -0.2) is 0 Å². The molecule has 0 fully saturated rings. The number of nitroso groups, excluding NO2 is 1. The van der Waals surface area contributed by atoms with E-state index in [9.17, 15) is 4.91 Å². The Labute approximate surface area is 255 Å². The fraction of sp³-hybridized carbons (Fsp3) is 0.676. The molecule has 232 valence electrons. The third-order valence-electron chi connectivity index (χ3n) is 8.85. The van der Waals surface area contributed by atoms with Crippen LogP contribution in [-0.4, -0.2) is 6.54 Å². The molecule has 2 aromatic carbocycles. The maximum Gasteiger partial charge on any atom is 0.233 e. The second-order valence-corrected chi connectivity index (χ2v) is 16.4. The highest BCUT2D eigenvalue weighted by Gasteiger charge is 2.43. The first-order valence-corrected chi connectivity index (χ1v) is 16.1. The molecule has 0 aliphatic carbocycles. The monoisotopic (exact) mass is 577 g/mol. The summed E-state index contributed by atoms with van der Waals surface area (Å²) in [7, 11) is 0. The van der Waals surface area contributed by atoms with Gasteiger partial charge in [0.15, 0.2) is 0 Å². The number of hydrogen-bond acceptors (Lipinski definition) is 5. The van der Waals surface area contributed by atoms with Gasteiger partial charge in [-0.1, -0.05) is 106 Å². The van der Waals surface area contributed by atoms with Crippen molar-refractivity contribution in [2.24, 2.45) is 16.0 Å². The van der Waals surface area contributed by atoms with Gasteiger partial charge in [0.1, 0.15) is 11.5 Å². The largest absolute Gasteiger partial charge is 0.459 e. The number of ether oxygens (including phenoxy) is 3. The van der Waals surface area contributed by atoms with Gasteiger partial charge in [0, 0.05) is 11.1 Å². The Hall–Kier alpha value is -2.40. The minimum absolute atomic E-state index is 0.0354. The molecule has 0 N–H and O–H groups in total. The molecule has 2 heterocycles. The molecule has 0 amide bonds. The summed E-state index contributed by atoms with van der Waals surface area (Å²) in [4.78, 5) is 10.7. The van der Waals surface area contributed by atoms with Gasteiger partial charge < -0.3 is 9.47 Å². The maximum absolute atomic E-state index is 10.7.